The number of ether oxygens (including phenoxy) is 1. The zero-order chi connectivity index (χ0) is 21.5. The van der Waals surface area contributed by atoms with Crippen LogP contribution in [-0.4, -0.2) is 33.2 Å². The molecule has 0 saturated heterocycles. The second-order valence-electron chi connectivity index (χ2n) is 6.02. The van der Waals surface area contributed by atoms with Crippen LogP contribution in [0.3, 0.4) is 0 Å². The maximum atomic E-state index is 12.2. The Morgan fingerprint density at radius 2 is 1.60 bits per heavy atom. The number of nitrogens with zero attached hydrogens (tertiary/aromatic N) is 3. The van der Waals surface area contributed by atoms with Crippen molar-refractivity contribution in [2.24, 2.45) is 7.05 Å². The van der Waals surface area contributed by atoms with Gasteiger partial charge in [0, 0.05) is 23.9 Å². The molecule has 0 aliphatic heterocycles. The van der Waals surface area contributed by atoms with Crippen molar-refractivity contribution < 1.29 is 23.1 Å². The van der Waals surface area contributed by atoms with Crippen LogP contribution in [0.25, 0.3) is 0 Å². The molecule has 0 fully saturated rings. The molecule has 0 bridgehead atoms. The molecule has 2 aromatic carbocycles. The number of thioether (sulfide) groups is 1. The highest BCUT2D eigenvalue weighted by Gasteiger charge is 2.11. The van der Waals surface area contributed by atoms with Crippen LogP contribution in [0.5, 0.6) is 5.75 Å². The molecule has 3 rings (SSSR count). The second kappa shape index (κ2) is 9.83. The number of amides is 2. The maximum Gasteiger partial charge on any atom is 0.387 e. The molecule has 2 amide bonds. The second-order valence-corrected chi connectivity index (χ2v) is 6.96. The molecular weight excluding hydrogens is 416 g/mol. The van der Waals surface area contributed by atoms with Gasteiger partial charge in [0.05, 0.1) is 0 Å². The molecule has 0 unspecified atom stereocenters. The van der Waals surface area contributed by atoms with E-state index in [-0.39, 0.29) is 11.3 Å². The Hall–Kier alpha value is -3.47. The third-order valence-corrected chi connectivity index (χ3v) is 4.99. The average Bonchev–Trinajstić information content (AvgIpc) is 3.15. The first-order valence-electron chi connectivity index (χ1n) is 8.63. The molecule has 0 radical (unpaired) electrons. The predicted octanol–water partition coefficient (Wildman–Crippen LogP) is 2.78. The lowest BCUT2D eigenvalue weighted by Gasteiger charge is -2.09. The quantitative estimate of drug-likeness (QED) is 0.439. The molecule has 3 aromatic rings. The van der Waals surface area contributed by atoms with Gasteiger partial charge in [0.15, 0.2) is 5.16 Å². The van der Waals surface area contributed by atoms with Gasteiger partial charge >= 0.3 is 6.61 Å². The SMILES string of the molecule is Cn1cnnc1SCc1ccc(C(=O)NNC(=O)c2ccc(OC(F)F)cc2)cc1. The largest absolute Gasteiger partial charge is 0.435 e. The van der Waals surface area contributed by atoms with Crippen molar-refractivity contribution in [1.29, 1.82) is 0 Å². The lowest BCUT2D eigenvalue weighted by atomic mass is 10.1. The smallest absolute Gasteiger partial charge is 0.387 e. The van der Waals surface area contributed by atoms with Crippen molar-refractivity contribution >= 4 is 23.6 Å². The standard InChI is InChI=1S/C19H17F2N5O3S/c1-26-11-22-25-19(26)30-10-12-2-4-13(5-3-12)16(27)23-24-17(28)14-6-8-15(9-7-14)29-18(20)21/h2-9,11,18H,10H2,1H3,(H,23,27)(H,24,28). The number of aromatic nitrogens is 3. The third kappa shape index (κ3) is 5.77. The minimum Gasteiger partial charge on any atom is -0.435 e. The Labute approximate surface area is 174 Å². The van der Waals surface area contributed by atoms with Crippen LogP contribution in [0.1, 0.15) is 26.3 Å². The van der Waals surface area contributed by atoms with Crippen molar-refractivity contribution in [3.63, 3.8) is 0 Å². The summed E-state index contributed by atoms with van der Waals surface area (Å²) >= 11 is 1.52. The molecular formula is C19H17F2N5O3S. The summed E-state index contributed by atoms with van der Waals surface area (Å²) in [5.74, 6) is -0.489. The van der Waals surface area contributed by atoms with Crippen LogP contribution >= 0.6 is 11.8 Å². The van der Waals surface area contributed by atoms with Crippen LogP contribution in [0, 0.1) is 0 Å². The van der Waals surface area contributed by atoms with Gasteiger partial charge in [-0.1, -0.05) is 23.9 Å². The van der Waals surface area contributed by atoms with Crippen LogP contribution in [0.15, 0.2) is 60.0 Å². The zero-order valence-electron chi connectivity index (χ0n) is 15.7. The highest BCUT2D eigenvalue weighted by Crippen LogP contribution is 2.20. The summed E-state index contributed by atoms with van der Waals surface area (Å²) < 4.78 is 30.3. The van der Waals surface area contributed by atoms with E-state index in [1.807, 2.05) is 23.7 Å². The highest BCUT2D eigenvalue weighted by molar-refractivity contribution is 7.98. The summed E-state index contributed by atoms with van der Waals surface area (Å²) in [6.45, 7) is -2.94. The summed E-state index contributed by atoms with van der Waals surface area (Å²) in [5, 5.41) is 8.59. The summed E-state index contributed by atoms with van der Waals surface area (Å²) in [5.41, 5.74) is 6.11. The van der Waals surface area contributed by atoms with Gasteiger partial charge < -0.3 is 9.30 Å². The Morgan fingerprint density at radius 1 is 1.03 bits per heavy atom. The molecule has 1 aromatic heterocycles. The van der Waals surface area contributed by atoms with Crippen molar-refractivity contribution in [2.75, 3.05) is 0 Å². The number of nitrogens with one attached hydrogen (secondary N) is 2. The molecule has 2 N–H and O–H groups in total. The summed E-state index contributed by atoms with van der Waals surface area (Å²) in [4.78, 5) is 24.3. The molecule has 1 heterocycles. The first-order chi connectivity index (χ1) is 14.4. The van der Waals surface area contributed by atoms with Gasteiger partial charge in [-0.05, 0) is 42.0 Å². The Morgan fingerprint density at radius 3 is 2.10 bits per heavy atom. The molecule has 0 atom stereocenters. The minimum absolute atomic E-state index is 0.0667. The van der Waals surface area contributed by atoms with E-state index in [4.69, 9.17) is 0 Å². The number of halogens is 2. The normalized spacial score (nSPS) is 10.7. The number of hydrogen-bond acceptors (Lipinski definition) is 6. The van der Waals surface area contributed by atoms with Gasteiger partial charge in [0.1, 0.15) is 12.1 Å². The monoisotopic (exact) mass is 433 g/mol. The van der Waals surface area contributed by atoms with Crippen molar-refractivity contribution in [3.05, 3.63) is 71.5 Å². The van der Waals surface area contributed by atoms with Crippen LogP contribution in [0.2, 0.25) is 0 Å². The van der Waals surface area contributed by atoms with E-state index < -0.39 is 18.4 Å². The molecule has 0 saturated carbocycles. The lowest BCUT2D eigenvalue weighted by Crippen LogP contribution is -2.41. The summed E-state index contributed by atoms with van der Waals surface area (Å²) in [6.07, 6.45) is 1.62. The van der Waals surface area contributed by atoms with Crippen LogP contribution in [-0.2, 0) is 12.8 Å². The number of alkyl halides is 2. The lowest BCUT2D eigenvalue weighted by molar-refractivity contribution is -0.0498. The fraction of sp³-hybridized carbons (Fsp3) is 0.158. The Bertz CT molecular complexity index is 1010. The van der Waals surface area contributed by atoms with Crippen LogP contribution in [0.4, 0.5) is 8.78 Å². The molecule has 11 heteroatoms. The Kier molecular flexibility index (Phi) is 6.96. The number of aryl methyl sites for hydroxylation is 1. The van der Waals surface area contributed by atoms with Gasteiger partial charge in [-0.15, -0.1) is 10.2 Å². The van der Waals surface area contributed by atoms with E-state index in [2.05, 4.69) is 25.8 Å². The van der Waals surface area contributed by atoms with Gasteiger partial charge in [0.2, 0.25) is 0 Å². The predicted molar refractivity (Wildman–Crippen MR) is 105 cm³/mol. The number of hydrazine groups is 1. The number of benzene rings is 2. The zero-order valence-corrected chi connectivity index (χ0v) is 16.5. The van der Waals surface area contributed by atoms with E-state index in [0.29, 0.717) is 11.3 Å². The first kappa shape index (κ1) is 21.2. The molecule has 156 valence electrons. The fourth-order valence-corrected chi connectivity index (χ4v) is 3.19. The number of carbonyl (C=O) groups excluding carboxylic acids is 2. The molecule has 30 heavy (non-hydrogen) atoms. The van der Waals surface area contributed by atoms with E-state index >= 15 is 0 Å². The van der Waals surface area contributed by atoms with E-state index in [1.54, 1.807) is 18.5 Å². The van der Waals surface area contributed by atoms with E-state index in [9.17, 15) is 18.4 Å². The van der Waals surface area contributed by atoms with E-state index in [1.165, 1.54) is 36.0 Å². The molecule has 8 nitrogen and oxygen atoms in total. The third-order valence-electron chi connectivity index (χ3n) is 3.89. The van der Waals surface area contributed by atoms with Crippen LogP contribution < -0.4 is 15.6 Å². The minimum atomic E-state index is -2.94. The average molecular weight is 433 g/mol. The number of hydrogen-bond donors (Lipinski definition) is 2. The number of rotatable bonds is 7. The highest BCUT2D eigenvalue weighted by atomic mass is 32.2. The topological polar surface area (TPSA) is 98.1 Å². The summed E-state index contributed by atoms with van der Waals surface area (Å²) in [6, 6.07) is 12.0. The maximum absolute atomic E-state index is 12.2. The van der Waals surface area contributed by atoms with Gasteiger partial charge in [-0.25, -0.2) is 0 Å². The van der Waals surface area contributed by atoms with Crippen molar-refractivity contribution in [2.45, 2.75) is 17.5 Å². The molecule has 0 aliphatic rings. The van der Waals surface area contributed by atoms with Gasteiger partial charge in [-0.3, -0.25) is 20.4 Å². The summed E-state index contributed by atoms with van der Waals surface area (Å²) in [7, 11) is 1.86. The first-order valence-corrected chi connectivity index (χ1v) is 9.62. The molecule has 0 spiro atoms. The van der Waals surface area contributed by atoms with Crippen molar-refractivity contribution in [1.82, 2.24) is 25.6 Å². The molecule has 0 aliphatic carbocycles. The van der Waals surface area contributed by atoms with E-state index in [0.717, 1.165) is 10.7 Å². The van der Waals surface area contributed by atoms with Crippen molar-refractivity contribution in [3.8, 4) is 5.75 Å². The van der Waals surface area contributed by atoms with Gasteiger partial charge in [0.25, 0.3) is 11.8 Å². The Balaban J connectivity index is 1.49. The number of carbonyl (C=O) groups is 2. The van der Waals surface area contributed by atoms with Gasteiger partial charge in [-0.2, -0.15) is 8.78 Å². The fourth-order valence-electron chi connectivity index (χ4n) is 2.35.